The van der Waals surface area contributed by atoms with E-state index in [0.29, 0.717) is 23.4 Å². The van der Waals surface area contributed by atoms with Crippen molar-refractivity contribution in [2.75, 3.05) is 5.32 Å². The zero-order chi connectivity index (χ0) is 15.4. The van der Waals surface area contributed by atoms with Crippen molar-refractivity contribution in [2.24, 2.45) is 15.7 Å². The largest absolute Gasteiger partial charge is 0.370 e. The van der Waals surface area contributed by atoms with Crippen LogP contribution in [-0.4, -0.2) is 18.1 Å². The van der Waals surface area contributed by atoms with E-state index in [4.69, 9.17) is 17.3 Å². The van der Waals surface area contributed by atoms with Crippen LogP contribution < -0.4 is 16.4 Å². The number of halogens is 1. The second-order valence-electron chi connectivity index (χ2n) is 4.92. The highest BCUT2D eigenvalue weighted by Gasteiger charge is 2.15. The zero-order valence-electron chi connectivity index (χ0n) is 11.8. The average molecular weight is 314 g/mol. The number of nitrogens with one attached hydrogen (secondary N) is 2. The first-order chi connectivity index (χ1) is 10.7. The molecular weight excluding hydrogens is 298 g/mol. The van der Waals surface area contributed by atoms with Crippen LogP contribution in [0.5, 0.6) is 0 Å². The Bertz CT molecular complexity index is 711. The van der Waals surface area contributed by atoms with Gasteiger partial charge < -0.3 is 11.1 Å². The van der Waals surface area contributed by atoms with Crippen LogP contribution in [0.2, 0.25) is 5.02 Å². The van der Waals surface area contributed by atoms with E-state index in [1.165, 1.54) is 0 Å². The number of hydrogen-bond acceptors (Lipinski definition) is 5. The van der Waals surface area contributed by atoms with Gasteiger partial charge in [0.1, 0.15) is 0 Å². The van der Waals surface area contributed by atoms with Gasteiger partial charge in [0.2, 0.25) is 5.96 Å². The van der Waals surface area contributed by atoms with Crippen molar-refractivity contribution in [1.29, 1.82) is 0 Å². The van der Waals surface area contributed by atoms with E-state index in [1.807, 2.05) is 54.6 Å². The fourth-order valence-electron chi connectivity index (χ4n) is 2.21. The number of guanidine groups is 2. The number of nitrogens with two attached hydrogens (primary N) is 1. The standard InChI is InChI=1S/C16H16ClN5/c17-12-7-4-8-13(10-12)19-16-21-14(20-15(18)22-16)9-11-5-2-1-3-6-11/h1-8,10,14H,9H2,(H4,18,19,20,21,22)/t14-/m0/s1. The topological polar surface area (TPSA) is 74.8 Å². The van der Waals surface area contributed by atoms with E-state index in [0.717, 1.165) is 11.3 Å². The van der Waals surface area contributed by atoms with Crippen LogP contribution in [0, 0.1) is 0 Å². The van der Waals surface area contributed by atoms with Gasteiger partial charge in [-0.3, -0.25) is 5.32 Å². The Balaban J connectivity index is 1.74. The molecule has 1 aliphatic rings. The van der Waals surface area contributed by atoms with Gasteiger partial charge in [0.05, 0.1) is 0 Å². The zero-order valence-corrected chi connectivity index (χ0v) is 12.6. The molecule has 0 spiro atoms. The van der Waals surface area contributed by atoms with Gasteiger partial charge in [-0.2, -0.15) is 0 Å². The molecule has 0 bridgehead atoms. The molecule has 0 aromatic heterocycles. The van der Waals surface area contributed by atoms with Crippen molar-refractivity contribution >= 4 is 29.2 Å². The number of nitrogens with zero attached hydrogens (tertiary/aromatic N) is 2. The molecule has 22 heavy (non-hydrogen) atoms. The quantitative estimate of drug-likeness (QED) is 0.815. The highest BCUT2D eigenvalue weighted by molar-refractivity contribution is 6.30. The van der Waals surface area contributed by atoms with Crippen LogP contribution in [0.3, 0.4) is 0 Å². The summed E-state index contributed by atoms with van der Waals surface area (Å²) in [6.45, 7) is 0. The monoisotopic (exact) mass is 313 g/mol. The first kappa shape index (κ1) is 14.4. The molecule has 0 radical (unpaired) electrons. The Hall–Kier alpha value is -2.53. The van der Waals surface area contributed by atoms with Crippen LogP contribution in [0.4, 0.5) is 5.69 Å². The predicted molar refractivity (Wildman–Crippen MR) is 91.2 cm³/mol. The SMILES string of the molecule is NC1=N[C@H](Cc2ccccc2)N=C(Nc2cccc(Cl)c2)N1. The fourth-order valence-corrected chi connectivity index (χ4v) is 2.40. The maximum Gasteiger partial charge on any atom is 0.204 e. The number of rotatable bonds is 3. The second kappa shape index (κ2) is 6.49. The molecule has 0 saturated carbocycles. The Kier molecular flexibility index (Phi) is 4.25. The Labute approximate surface area is 133 Å². The third kappa shape index (κ3) is 3.77. The van der Waals surface area contributed by atoms with Gasteiger partial charge >= 0.3 is 0 Å². The summed E-state index contributed by atoms with van der Waals surface area (Å²) in [6.07, 6.45) is 0.453. The molecule has 1 atom stereocenters. The summed E-state index contributed by atoms with van der Waals surface area (Å²) in [5.74, 6) is 0.913. The summed E-state index contributed by atoms with van der Waals surface area (Å²) in [5.41, 5.74) is 7.85. The summed E-state index contributed by atoms with van der Waals surface area (Å²) in [6, 6.07) is 17.5. The summed E-state index contributed by atoms with van der Waals surface area (Å²) < 4.78 is 0. The molecule has 3 rings (SSSR count). The normalized spacial score (nSPS) is 17.2. The maximum atomic E-state index is 5.98. The highest BCUT2D eigenvalue weighted by atomic mass is 35.5. The van der Waals surface area contributed by atoms with Gasteiger partial charge in [-0.05, 0) is 23.8 Å². The molecule has 0 unspecified atom stereocenters. The number of anilines is 1. The lowest BCUT2D eigenvalue weighted by Gasteiger charge is -2.20. The third-order valence-electron chi connectivity index (χ3n) is 3.16. The van der Waals surface area contributed by atoms with Gasteiger partial charge in [0, 0.05) is 17.1 Å². The minimum Gasteiger partial charge on any atom is -0.370 e. The summed E-state index contributed by atoms with van der Waals surface area (Å²) in [5, 5.41) is 6.74. The summed E-state index contributed by atoms with van der Waals surface area (Å²) in [7, 11) is 0. The lowest BCUT2D eigenvalue weighted by molar-refractivity contribution is 0.689. The van der Waals surface area contributed by atoms with Gasteiger partial charge in [-0.15, -0.1) is 0 Å². The Morgan fingerprint density at radius 3 is 2.68 bits per heavy atom. The predicted octanol–water partition coefficient (Wildman–Crippen LogP) is 2.59. The second-order valence-corrected chi connectivity index (χ2v) is 5.36. The van der Waals surface area contributed by atoms with Crippen LogP contribution in [0.25, 0.3) is 0 Å². The fraction of sp³-hybridized carbons (Fsp3) is 0.125. The van der Waals surface area contributed by atoms with Crippen molar-refractivity contribution < 1.29 is 0 Å². The number of hydrogen-bond donors (Lipinski definition) is 3. The molecule has 4 N–H and O–H groups in total. The van der Waals surface area contributed by atoms with Crippen LogP contribution in [0.1, 0.15) is 5.56 Å². The minimum atomic E-state index is -0.245. The molecule has 1 heterocycles. The smallest absolute Gasteiger partial charge is 0.204 e. The van der Waals surface area contributed by atoms with E-state index in [9.17, 15) is 0 Å². The summed E-state index contributed by atoms with van der Waals surface area (Å²) >= 11 is 5.98. The first-order valence-corrected chi connectivity index (χ1v) is 7.31. The van der Waals surface area contributed by atoms with Gasteiger partial charge in [0.15, 0.2) is 12.1 Å². The Morgan fingerprint density at radius 1 is 1.09 bits per heavy atom. The van der Waals surface area contributed by atoms with Gasteiger partial charge in [-0.25, -0.2) is 9.98 Å². The van der Waals surface area contributed by atoms with E-state index < -0.39 is 0 Å². The third-order valence-corrected chi connectivity index (χ3v) is 3.40. The molecule has 0 saturated heterocycles. The number of benzene rings is 2. The van der Waals surface area contributed by atoms with E-state index in [1.54, 1.807) is 0 Å². The van der Waals surface area contributed by atoms with Crippen LogP contribution in [-0.2, 0) is 6.42 Å². The molecule has 0 fully saturated rings. The first-order valence-electron chi connectivity index (χ1n) is 6.94. The van der Waals surface area contributed by atoms with Crippen LogP contribution in [0.15, 0.2) is 64.6 Å². The van der Waals surface area contributed by atoms with Crippen LogP contribution >= 0.6 is 11.6 Å². The lowest BCUT2D eigenvalue weighted by Crippen LogP contribution is -2.45. The molecule has 0 aliphatic carbocycles. The summed E-state index contributed by atoms with van der Waals surface area (Å²) in [4.78, 5) is 8.85. The highest BCUT2D eigenvalue weighted by Crippen LogP contribution is 2.15. The van der Waals surface area contributed by atoms with E-state index in [-0.39, 0.29) is 6.17 Å². The molecule has 0 amide bonds. The average Bonchev–Trinajstić information content (AvgIpc) is 2.47. The Morgan fingerprint density at radius 2 is 1.91 bits per heavy atom. The van der Waals surface area contributed by atoms with Crippen molar-refractivity contribution in [3.05, 3.63) is 65.2 Å². The lowest BCUT2D eigenvalue weighted by atomic mass is 10.1. The molecule has 2 aromatic rings. The minimum absolute atomic E-state index is 0.245. The molecule has 1 aliphatic heterocycles. The van der Waals surface area contributed by atoms with E-state index in [2.05, 4.69) is 20.6 Å². The molecule has 2 aromatic carbocycles. The molecular formula is C16H16ClN5. The molecule has 6 heteroatoms. The van der Waals surface area contributed by atoms with Crippen molar-refractivity contribution in [3.63, 3.8) is 0 Å². The van der Waals surface area contributed by atoms with Crippen molar-refractivity contribution in [3.8, 4) is 0 Å². The van der Waals surface area contributed by atoms with Gasteiger partial charge in [0.25, 0.3) is 0 Å². The maximum absolute atomic E-state index is 5.98. The van der Waals surface area contributed by atoms with Crippen molar-refractivity contribution in [2.45, 2.75) is 12.6 Å². The van der Waals surface area contributed by atoms with E-state index >= 15 is 0 Å². The van der Waals surface area contributed by atoms with Gasteiger partial charge in [-0.1, -0.05) is 48.0 Å². The molecule has 5 nitrogen and oxygen atoms in total. The number of aliphatic imine (C=N–C) groups is 2. The van der Waals surface area contributed by atoms with Crippen molar-refractivity contribution in [1.82, 2.24) is 5.32 Å². The molecule has 112 valence electrons.